The molecule has 0 spiro atoms. The maximum absolute atomic E-state index is 10.4. The molecule has 1 unspecified atom stereocenters. The molecule has 0 saturated heterocycles. The molecule has 0 aliphatic rings. The van der Waals surface area contributed by atoms with Gasteiger partial charge in [0.2, 0.25) is 5.88 Å². The number of ether oxygens (including phenoxy) is 2. The van der Waals surface area contributed by atoms with Crippen molar-refractivity contribution in [2.75, 3.05) is 13.7 Å². The van der Waals surface area contributed by atoms with E-state index in [0.29, 0.717) is 29.5 Å². The van der Waals surface area contributed by atoms with Crippen LogP contribution < -0.4 is 9.47 Å². The molecule has 5 heteroatoms. The molecule has 19 heavy (non-hydrogen) atoms. The lowest BCUT2D eigenvalue weighted by atomic mass is 10.1. The zero-order chi connectivity index (χ0) is 13.7. The minimum absolute atomic E-state index is 0.415. The molecule has 2 rings (SSSR count). The number of aromatic nitrogens is 2. The average molecular weight is 260 g/mol. The quantitative estimate of drug-likeness (QED) is 0.890. The molecular weight excluding hydrogens is 244 g/mol. The highest BCUT2D eigenvalue weighted by Gasteiger charge is 2.17. The number of hydrogen-bond donors (Lipinski definition) is 1. The monoisotopic (exact) mass is 260 g/mol. The van der Waals surface area contributed by atoms with Crippen LogP contribution in [0, 0.1) is 0 Å². The highest BCUT2D eigenvalue weighted by atomic mass is 16.5. The van der Waals surface area contributed by atoms with E-state index in [1.807, 2.05) is 31.2 Å². The van der Waals surface area contributed by atoms with Gasteiger partial charge in [-0.15, -0.1) is 0 Å². The van der Waals surface area contributed by atoms with Crippen molar-refractivity contribution in [3.63, 3.8) is 0 Å². The molecule has 0 aliphatic heterocycles. The number of benzene rings is 1. The summed E-state index contributed by atoms with van der Waals surface area (Å²) in [6.07, 6.45) is 0.486. The topological polar surface area (TPSA) is 64.5 Å². The van der Waals surface area contributed by atoms with E-state index in [1.165, 1.54) is 13.4 Å². The SMILES string of the molecule is CCOc1ccccc1C(O)c1cc(OC)ncn1. The Morgan fingerprint density at radius 2 is 2.05 bits per heavy atom. The van der Waals surface area contributed by atoms with E-state index in [-0.39, 0.29) is 0 Å². The van der Waals surface area contributed by atoms with Crippen molar-refractivity contribution >= 4 is 0 Å². The summed E-state index contributed by atoms with van der Waals surface area (Å²) in [5.74, 6) is 1.06. The van der Waals surface area contributed by atoms with E-state index in [1.54, 1.807) is 6.07 Å². The molecule has 1 N–H and O–H groups in total. The average Bonchev–Trinajstić information content (AvgIpc) is 2.47. The van der Waals surface area contributed by atoms with Crippen LogP contribution in [0.15, 0.2) is 36.7 Å². The van der Waals surface area contributed by atoms with E-state index in [4.69, 9.17) is 9.47 Å². The van der Waals surface area contributed by atoms with Crippen LogP contribution in [0.1, 0.15) is 24.3 Å². The van der Waals surface area contributed by atoms with Crippen molar-refractivity contribution < 1.29 is 14.6 Å². The summed E-state index contributed by atoms with van der Waals surface area (Å²) >= 11 is 0. The van der Waals surface area contributed by atoms with Crippen LogP contribution in [-0.2, 0) is 0 Å². The highest BCUT2D eigenvalue weighted by molar-refractivity contribution is 5.39. The Kier molecular flexibility index (Phi) is 4.30. The molecule has 0 aliphatic carbocycles. The Morgan fingerprint density at radius 3 is 2.79 bits per heavy atom. The first-order chi connectivity index (χ1) is 9.26. The van der Waals surface area contributed by atoms with Crippen LogP contribution in [0.5, 0.6) is 11.6 Å². The van der Waals surface area contributed by atoms with Crippen LogP contribution >= 0.6 is 0 Å². The molecule has 0 amide bonds. The summed E-state index contributed by atoms with van der Waals surface area (Å²) in [4.78, 5) is 7.99. The molecule has 1 aromatic heterocycles. The fraction of sp³-hybridized carbons (Fsp3) is 0.286. The van der Waals surface area contributed by atoms with Crippen molar-refractivity contribution in [2.24, 2.45) is 0 Å². The van der Waals surface area contributed by atoms with Gasteiger partial charge in [0.1, 0.15) is 18.2 Å². The second kappa shape index (κ2) is 6.15. The number of aliphatic hydroxyl groups is 1. The summed E-state index contributed by atoms with van der Waals surface area (Å²) < 4.78 is 10.5. The smallest absolute Gasteiger partial charge is 0.216 e. The van der Waals surface area contributed by atoms with Crippen LogP contribution in [0.2, 0.25) is 0 Å². The number of aliphatic hydroxyl groups excluding tert-OH is 1. The summed E-state index contributed by atoms with van der Waals surface area (Å²) in [7, 11) is 1.52. The third-order valence-corrected chi connectivity index (χ3v) is 2.67. The van der Waals surface area contributed by atoms with Gasteiger partial charge in [-0.25, -0.2) is 9.97 Å². The van der Waals surface area contributed by atoms with Crippen LogP contribution in [0.25, 0.3) is 0 Å². The third kappa shape index (κ3) is 3.00. The lowest BCUT2D eigenvalue weighted by Crippen LogP contribution is -2.06. The molecular formula is C14H16N2O3. The van der Waals surface area contributed by atoms with Crippen molar-refractivity contribution in [1.82, 2.24) is 9.97 Å². The molecule has 5 nitrogen and oxygen atoms in total. The van der Waals surface area contributed by atoms with E-state index < -0.39 is 6.10 Å². The largest absolute Gasteiger partial charge is 0.493 e. The van der Waals surface area contributed by atoms with Gasteiger partial charge in [0.25, 0.3) is 0 Å². The van der Waals surface area contributed by atoms with E-state index in [9.17, 15) is 5.11 Å². The van der Waals surface area contributed by atoms with Gasteiger partial charge < -0.3 is 14.6 Å². The van der Waals surface area contributed by atoms with Crippen LogP contribution in [-0.4, -0.2) is 28.8 Å². The molecule has 0 saturated carbocycles. The Bertz CT molecular complexity index is 546. The number of hydrogen-bond acceptors (Lipinski definition) is 5. The lowest BCUT2D eigenvalue weighted by Gasteiger charge is -2.15. The highest BCUT2D eigenvalue weighted by Crippen LogP contribution is 2.29. The number of methoxy groups -OCH3 is 1. The third-order valence-electron chi connectivity index (χ3n) is 2.67. The summed E-state index contributed by atoms with van der Waals surface area (Å²) in [5, 5.41) is 10.4. The van der Waals surface area contributed by atoms with Crippen molar-refractivity contribution in [3.05, 3.63) is 47.9 Å². The van der Waals surface area contributed by atoms with Crippen molar-refractivity contribution in [2.45, 2.75) is 13.0 Å². The number of para-hydroxylation sites is 1. The normalized spacial score (nSPS) is 11.9. The van der Waals surface area contributed by atoms with Gasteiger partial charge in [-0.1, -0.05) is 18.2 Å². The van der Waals surface area contributed by atoms with Crippen molar-refractivity contribution in [3.8, 4) is 11.6 Å². The molecule has 1 heterocycles. The first-order valence-corrected chi connectivity index (χ1v) is 6.02. The summed E-state index contributed by atoms with van der Waals surface area (Å²) in [6.45, 7) is 2.44. The zero-order valence-electron chi connectivity index (χ0n) is 10.9. The fourth-order valence-electron chi connectivity index (χ4n) is 1.77. The number of nitrogens with zero attached hydrogens (tertiary/aromatic N) is 2. The van der Waals surface area contributed by atoms with Gasteiger partial charge in [-0.05, 0) is 13.0 Å². The van der Waals surface area contributed by atoms with Gasteiger partial charge >= 0.3 is 0 Å². The first kappa shape index (κ1) is 13.3. The van der Waals surface area contributed by atoms with Gasteiger partial charge in [-0.2, -0.15) is 0 Å². The molecule has 1 aromatic carbocycles. The second-order valence-electron chi connectivity index (χ2n) is 3.86. The second-order valence-corrected chi connectivity index (χ2v) is 3.86. The fourth-order valence-corrected chi connectivity index (χ4v) is 1.77. The standard InChI is InChI=1S/C14H16N2O3/c1-3-19-12-7-5-4-6-10(12)14(17)11-8-13(18-2)16-9-15-11/h4-9,14,17H,3H2,1-2H3. The Balaban J connectivity index is 2.35. The van der Waals surface area contributed by atoms with Gasteiger partial charge in [0.15, 0.2) is 0 Å². The Hall–Kier alpha value is -2.14. The molecule has 0 radical (unpaired) electrons. The zero-order valence-corrected chi connectivity index (χ0v) is 10.9. The maximum atomic E-state index is 10.4. The molecule has 2 aromatic rings. The minimum atomic E-state index is -0.875. The predicted molar refractivity (Wildman–Crippen MR) is 70.3 cm³/mol. The minimum Gasteiger partial charge on any atom is -0.493 e. The first-order valence-electron chi connectivity index (χ1n) is 6.02. The van der Waals surface area contributed by atoms with Crippen LogP contribution in [0.4, 0.5) is 0 Å². The van der Waals surface area contributed by atoms with E-state index >= 15 is 0 Å². The van der Waals surface area contributed by atoms with Gasteiger partial charge in [0, 0.05) is 11.6 Å². The van der Waals surface area contributed by atoms with Gasteiger partial charge in [-0.3, -0.25) is 0 Å². The van der Waals surface area contributed by atoms with Crippen molar-refractivity contribution in [1.29, 1.82) is 0 Å². The summed E-state index contributed by atoms with van der Waals surface area (Å²) in [5.41, 5.74) is 1.14. The summed E-state index contributed by atoms with van der Waals surface area (Å²) in [6, 6.07) is 8.94. The molecule has 0 bridgehead atoms. The Labute approximate surface area is 111 Å². The molecule has 1 atom stereocenters. The molecule has 0 fully saturated rings. The number of rotatable bonds is 5. The van der Waals surface area contributed by atoms with Gasteiger partial charge in [0.05, 0.1) is 19.4 Å². The van der Waals surface area contributed by atoms with E-state index in [0.717, 1.165) is 0 Å². The molecule has 100 valence electrons. The lowest BCUT2D eigenvalue weighted by molar-refractivity contribution is 0.206. The predicted octanol–water partition coefficient (Wildman–Crippen LogP) is 1.97. The maximum Gasteiger partial charge on any atom is 0.216 e. The van der Waals surface area contributed by atoms with Crippen LogP contribution in [0.3, 0.4) is 0 Å². The van der Waals surface area contributed by atoms with E-state index in [2.05, 4.69) is 9.97 Å². The Morgan fingerprint density at radius 1 is 1.26 bits per heavy atom.